The summed E-state index contributed by atoms with van der Waals surface area (Å²) in [5.74, 6) is -2.45. The van der Waals surface area contributed by atoms with Crippen LogP contribution in [-0.2, 0) is 16.1 Å². The SMILES string of the molecule is CC1(C)[C@@H](C(=O)O)[C@@H]1C(=O)Nc1ccn(Cc2ccc(F)cc2)n1. The predicted octanol–water partition coefficient (Wildman–Crippen LogP) is 2.37. The topological polar surface area (TPSA) is 84.2 Å². The van der Waals surface area contributed by atoms with Gasteiger partial charge in [-0.1, -0.05) is 26.0 Å². The van der Waals surface area contributed by atoms with Crippen molar-refractivity contribution < 1.29 is 19.1 Å². The second kappa shape index (κ2) is 5.74. The number of carbonyl (C=O) groups is 2. The number of benzene rings is 1. The van der Waals surface area contributed by atoms with Crippen molar-refractivity contribution in [2.75, 3.05) is 5.32 Å². The van der Waals surface area contributed by atoms with Crippen LogP contribution in [0.15, 0.2) is 36.5 Å². The quantitative estimate of drug-likeness (QED) is 0.881. The van der Waals surface area contributed by atoms with Crippen LogP contribution in [-0.4, -0.2) is 26.8 Å². The molecule has 0 spiro atoms. The molecule has 1 amide bonds. The molecule has 1 heterocycles. The molecule has 0 radical (unpaired) electrons. The third kappa shape index (κ3) is 3.02. The number of nitrogens with zero attached hydrogens (tertiary/aromatic N) is 2. The van der Waals surface area contributed by atoms with Crippen molar-refractivity contribution >= 4 is 17.7 Å². The molecule has 1 aliphatic carbocycles. The Labute approximate surface area is 138 Å². The number of carbonyl (C=O) groups excluding carboxylic acids is 1. The van der Waals surface area contributed by atoms with E-state index in [0.29, 0.717) is 12.4 Å². The fourth-order valence-corrected chi connectivity index (χ4v) is 3.09. The molecule has 1 saturated carbocycles. The van der Waals surface area contributed by atoms with Crippen molar-refractivity contribution in [3.8, 4) is 0 Å². The summed E-state index contributed by atoms with van der Waals surface area (Å²) in [5, 5.41) is 16.0. The smallest absolute Gasteiger partial charge is 0.307 e. The first-order valence-electron chi connectivity index (χ1n) is 7.60. The fraction of sp³-hybridized carbons (Fsp3) is 0.353. The summed E-state index contributed by atoms with van der Waals surface area (Å²) in [4.78, 5) is 23.4. The van der Waals surface area contributed by atoms with E-state index in [9.17, 15) is 14.0 Å². The first-order chi connectivity index (χ1) is 11.3. The lowest BCUT2D eigenvalue weighted by Gasteiger charge is -2.04. The third-order valence-corrected chi connectivity index (χ3v) is 4.53. The molecule has 6 nitrogen and oxygen atoms in total. The van der Waals surface area contributed by atoms with E-state index in [2.05, 4.69) is 10.4 Å². The van der Waals surface area contributed by atoms with Crippen molar-refractivity contribution in [1.29, 1.82) is 0 Å². The van der Waals surface area contributed by atoms with Crippen LogP contribution < -0.4 is 5.32 Å². The van der Waals surface area contributed by atoms with Crippen LogP contribution in [0.5, 0.6) is 0 Å². The number of hydrogen-bond acceptors (Lipinski definition) is 3. The maximum Gasteiger partial charge on any atom is 0.307 e. The highest BCUT2D eigenvalue weighted by Crippen LogP contribution is 2.58. The Morgan fingerprint density at radius 2 is 1.92 bits per heavy atom. The number of aromatic nitrogens is 2. The number of hydrogen-bond donors (Lipinski definition) is 2. The molecule has 1 aromatic heterocycles. The summed E-state index contributed by atoms with van der Waals surface area (Å²) in [5.41, 5.74) is 0.332. The second-order valence-electron chi connectivity index (χ2n) is 6.63. The summed E-state index contributed by atoms with van der Waals surface area (Å²) in [6.07, 6.45) is 1.70. The van der Waals surface area contributed by atoms with E-state index in [0.717, 1.165) is 5.56 Å². The van der Waals surface area contributed by atoms with Gasteiger partial charge in [0.15, 0.2) is 5.82 Å². The molecule has 2 N–H and O–H groups in total. The lowest BCUT2D eigenvalue weighted by molar-refractivity contribution is -0.140. The van der Waals surface area contributed by atoms with E-state index < -0.39 is 23.2 Å². The summed E-state index contributed by atoms with van der Waals surface area (Å²) in [7, 11) is 0. The maximum absolute atomic E-state index is 12.9. The Morgan fingerprint density at radius 1 is 1.25 bits per heavy atom. The summed E-state index contributed by atoms with van der Waals surface area (Å²) in [6, 6.07) is 7.73. The molecule has 0 saturated heterocycles. The molecule has 0 aliphatic heterocycles. The predicted molar refractivity (Wildman–Crippen MR) is 84.8 cm³/mol. The molecule has 0 bridgehead atoms. The van der Waals surface area contributed by atoms with Gasteiger partial charge in [0.05, 0.1) is 18.4 Å². The van der Waals surface area contributed by atoms with Gasteiger partial charge in [0, 0.05) is 12.3 Å². The first-order valence-corrected chi connectivity index (χ1v) is 7.60. The van der Waals surface area contributed by atoms with Crippen molar-refractivity contribution in [3.63, 3.8) is 0 Å². The molecule has 0 unspecified atom stereocenters. The average Bonchev–Trinajstić information content (AvgIpc) is 2.85. The standard InChI is InChI=1S/C17H18FN3O3/c1-17(2)13(14(17)16(23)24)15(22)19-12-7-8-21(20-12)9-10-3-5-11(18)6-4-10/h3-8,13-14H,9H2,1-2H3,(H,23,24)(H,19,20,22)/t13-,14-/m1/s1. The molecule has 24 heavy (non-hydrogen) atoms. The van der Waals surface area contributed by atoms with Gasteiger partial charge in [0.1, 0.15) is 5.82 Å². The van der Waals surface area contributed by atoms with Crippen LogP contribution in [0.2, 0.25) is 0 Å². The van der Waals surface area contributed by atoms with Crippen molar-refractivity contribution in [1.82, 2.24) is 9.78 Å². The van der Waals surface area contributed by atoms with E-state index >= 15 is 0 Å². The molecule has 1 aliphatic rings. The summed E-state index contributed by atoms with van der Waals surface area (Å²) >= 11 is 0. The molecule has 1 aromatic carbocycles. The van der Waals surface area contributed by atoms with E-state index in [1.165, 1.54) is 12.1 Å². The fourth-order valence-electron chi connectivity index (χ4n) is 3.09. The Bertz CT molecular complexity index is 783. The lowest BCUT2D eigenvalue weighted by atomic mass is 10.1. The molecule has 2 aromatic rings. The molecule has 3 rings (SSSR count). The van der Waals surface area contributed by atoms with Gasteiger partial charge in [-0.3, -0.25) is 14.3 Å². The van der Waals surface area contributed by atoms with Gasteiger partial charge in [0.25, 0.3) is 0 Å². The molecule has 126 valence electrons. The minimum Gasteiger partial charge on any atom is -0.481 e. The van der Waals surface area contributed by atoms with Crippen LogP contribution in [0.4, 0.5) is 10.2 Å². The Kier molecular flexibility index (Phi) is 3.87. The number of nitrogens with one attached hydrogen (secondary N) is 1. The highest BCUT2D eigenvalue weighted by Gasteiger charge is 2.65. The summed E-state index contributed by atoms with van der Waals surface area (Å²) < 4.78 is 14.5. The van der Waals surface area contributed by atoms with Crippen molar-refractivity contribution in [2.24, 2.45) is 17.3 Å². The number of carboxylic acids is 1. The van der Waals surface area contributed by atoms with Crippen LogP contribution >= 0.6 is 0 Å². The molecular formula is C17H18FN3O3. The number of amides is 1. The minimum atomic E-state index is -0.956. The lowest BCUT2D eigenvalue weighted by Crippen LogP contribution is -2.18. The van der Waals surface area contributed by atoms with E-state index in [1.807, 2.05) is 0 Å². The van der Waals surface area contributed by atoms with E-state index in [1.54, 1.807) is 42.9 Å². The zero-order valence-electron chi connectivity index (χ0n) is 13.4. The van der Waals surface area contributed by atoms with E-state index in [-0.39, 0.29) is 11.7 Å². The third-order valence-electron chi connectivity index (χ3n) is 4.53. The van der Waals surface area contributed by atoms with Gasteiger partial charge in [-0.25, -0.2) is 4.39 Å². The molecule has 1 fully saturated rings. The normalized spacial score (nSPS) is 21.3. The number of anilines is 1. The maximum atomic E-state index is 12.9. The number of aliphatic carboxylic acids is 1. The van der Waals surface area contributed by atoms with Gasteiger partial charge in [-0.05, 0) is 23.1 Å². The van der Waals surface area contributed by atoms with E-state index in [4.69, 9.17) is 5.11 Å². The molecule has 2 atom stereocenters. The van der Waals surface area contributed by atoms with Gasteiger partial charge in [0.2, 0.25) is 5.91 Å². The highest BCUT2D eigenvalue weighted by atomic mass is 19.1. The summed E-state index contributed by atoms with van der Waals surface area (Å²) in [6.45, 7) is 3.98. The Hall–Kier alpha value is -2.70. The number of halogens is 1. The highest BCUT2D eigenvalue weighted by molar-refractivity contribution is 5.99. The van der Waals surface area contributed by atoms with Gasteiger partial charge in [-0.2, -0.15) is 5.10 Å². The number of carboxylic acid groups (broad SMARTS) is 1. The van der Waals surface area contributed by atoms with Crippen LogP contribution in [0, 0.1) is 23.1 Å². The van der Waals surface area contributed by atoms with Gasteiger partial charge in [-0.15, -0.1) is 0 Å². The number of rotatable bonds is 5. The van der Waals surface area contributed by atoms with Crippen molar-refractivity contribution in [2.45, 2.75) is 20.4 Å². The Balaban J connectivity index is 1.63. The van der Waals surface area contributed by atoms with Gasteiger partial charge < -0.3 is 10.4 Å². The second-order valence-corrected chi connectivity index (χ2v) is 6.63. The van der Waals surface area contributed by atoms with Gasteiger partial charge >= 0.3 is 5.97 Å². The minimum absolute atomic E-state index is 0.299. The van der Waals surface area contributed by atoms with Crippen molar-refractivity contribution in [3.05, 3.63) is 47.9 Å². The van der Waals surface area contributed by atoms with Crippen LogP contribution in [0.1, 0.15) is 19.4 Å². The zero-order chi connectivity index (χ0) is 17.5. The van der Waals surface area contributed by atoms with Crippen LogP contribution in [0.3, 0.4) is 0 Å². The van der Waals surface area contributed by atoms with Crippen LogP contribution in [0.25, 0.3) is 0 Å². The largest absolute Gasteiger partial charge is 0.481 e. The Morgan fingerprint density at radius 3 is 2.50 bits per heavy atom. The monoisotopic (exact) mass is 331 g/mol. The molecular weight excluding hydrogens is 313 g/mol. The first kappa shape index (κ1) is 16.2. The molecule has 7 heteroatoms. The average molecular weight is 331 g/mol. The zero-order valence-corrected chi connectivity index (χ0v) is 13.4.